The van der Waals surface area contributed by atoms with Gasteiger partial charge in [0.1, 0.15) is 0 Å². The molecule has 2 nitrogen and oxygen atoms in total. The van der Waals surface area contributed by atoms with Gasteiger partial charge in [-0.3, -0.25) is 0 Å². The van der Waals surface area contributed by atoms with Crippen LogP contribution < -0.4 is 4.74 Å². The van der Waals surface area contributed by atoms with Crippen LogP contribution >= 0.6 is 15.9 Å². The molecule has 0 aliphatic heterocycles. The minimum absolute atomic E-state index is 0.124. The number of hydrogen-bond donors (Lipinski definition) is 0. The standard InChI is InChI=1S/C8H7BrF3NO/c1-4-2-5(9)3-13-8(4)14-7(12)6(10)11/h2-3,6-7H,1H3. The van der Waals surface area contributed by atoms with Crippen molar-refractivity contribution in [1.82, 2.24) is 4.98 Å². The van der Waals surface area contributed by atoms with E-state index >= 15 is 0 Å². The summed E-state index contributed by atoms with van der Waals surface area (Å²) < 4.78 is 41.0. The molecule has 1 atom stereocenters. The third kappa shape index (κ3) is 2.87. The highest BCUT2D eigenvalue weighted by atomic mass is 79.9. The Hall–Kier alpha value is -0.780. The van der Waals surface area contributed by atoms with Crippen molar-refractivity contribution < 1.29 is 17.9 Å². The quantitative estimate of drug-likeness (QED) is 0.842. The zero-order chi connectivity index (χ0) is 10.7. The van der Waals surface area contributed by atoms with Crippen molar-refractivity contribution in [2.45, 2.75) is 19.7 Å². The summed E-state index contributed by atoms with van der Waals surface area (Å²) in [6, 6.07) is 1.60. The normalized spacial score (nSPS) is 13.0. The highest BCUT2D eigenvalue weighted by molar-refractivity contribution is 9.10. The van der Waals surface area contributed by atoms with Crippen LogP contribution in [0.1, 0.15) is 5.56 Å². The smallest absolute Gasteiger partial charge is 0.304 e. The molecule has 6 heteroatoms. The Morgan fingerprint density at radius 1 is 1.43 bits per heavy atom. The monoisotopic (exact) mass is 269 g/mol. The summed E-state index contributed by atoms with van der Waals surface area (Å²) >= 11 is 3.13. The van der Waals surface area contributed by atoms with Gasteiger partial charge in [-0.15, -0.1) is 0 Å². The molecule has 0 amide bonds. The molecule has 0 aliphatic carbocycles. The van der Waals surface area contributed by atoms with E-state index in [1.165, 1.54) is 6.20 Å². The Morgan fingerprint density at radius 2 is 2.07 bits per heavy atom. The van der Waals surface area contributed by atoms with Gasteiger partial charge in [0.2, 0.25) is 5.88 Å². The van der Waals surface area contributed by atoms with Gasteiger partial charge in [0.15, 0.2) is 0 Å². The van der Waals surface area contributed by atoms with Crippen molar-refractivity contribution >= 4 is 15.9 Å². The van der Waals surface area contributed by atoms with Crippen LogP contribution in [0.25, 0.3) is 0 Å². The summed E-state index contributed by atoms with van der Waals surface area (Å²) in [6.07, 6.45) is -4.46. The lowest BCUT2D eigenvalue weighted by molar-refractivity contribution is -0.0693. The fourth-order valence-corrected chi connectivity index (χ4v) is 1.26. The Morgan fingerprint density at radius 3 is 2.57 bits per heavy atom. The van der Waals surface area contributed by atoms with Crippen molar-refractivity contribution in [3.05, 3.63) is 22.3 Å². The molecular formula is C8H7BrF3NO. The number of pyridine rings is 1. The molecule has 14 heavy (non-hydrogen) atoms. The molecule has 1 unspecified atom stereocenters. The topological polar surface area (TPSA) is 22.1 Å². The summed E-state index contributed by atoms with van der Waals surface area (Å²) in [6.45, 7) is 1.59. The zero-order valence-electron chi connectivity index (χ0n) is 7.18. The first-order valence-electron chi connectivity index (χ1n) is 3.71. The molecule has 0 saturated carbocycles. The van der Waals surface area contributed by atoms with Crippen LogP contribution in [-0.2, 0) is 0 Å². The van der Waals surface area contributed by atoms with Gasteiger partial charge in [0, 0.05) is 16.2 Å². The van der Waals surface area contributed by atoms with Gasteiger partial charge in [-0.05, 0) is 28.9 Å². The Balaban J connectivity index is 2.77. The third-order valence-corrected chi connectivity index (χ3v) is 1.85. The lowest BCUT2D eigenvalue weighted by atomic mass is 10.3. The average Bonchev–Trinajstić information content (AvgIpc) is 2.09. The second kappa shape index (κ2) is 4.63. The summed E-state index contributed by atoms with van der Waals surface area (Å²) in [5.41, 5.74) is 0.489. The number of ether oxygens (including phenoxy) is 1. The van der Waals surface area contributed by atoms with E-state index in [2.05, 4.69) is 25.7 Å². The van der Waals surface area contributed by atoms with E-state index in [1.807, 2.05) is 0 Å². The number of alkyl halides is 3. The van der Waals surface area contributed by atoms with Crippen LogP contribution in [0.5, 0.6) is 5.88 Å². The summed E-state index contributed by atoms with van der Waals surface area (Å²) in [7, 11) is 0. The Labute approximate surface area is 87.2 Å². The number of nitrogens with zero attached hydrogens (tertiary/aromatic N) is 1. The van der Waals surface area contributed by atoms with Gasteiger partial charge < -0.3 is 4.74 Å². The fraction of sp³-hybridized carbons (Fsp3) is 0.375. The van der Waals surface area contributed by atoms with Crippen molar-refractivity contribution in [3.63, 3.8) is 0 Å². The van der Waals surface area contributed by atoms with Crippen LogP contribution in [-0.4, -0.2) is 17.8 Å². The van der Waals surface area contributed by atoms with Crippen molar-refractivity contribution in [2.75, 3.05) is 0 Å². The van der Waals surface area contributed by atoms with Crippen molar-refractivity contribution in [2.24, 2.45) is 0 Å². The largest absolute Gasteiger partial charge is 0.437 e. The molecular weight excluding hydrogens is 263 g/mol. The van der Waals surface area contributed by atoms with Crippen LogP contribution in [0, 0.1) is 6.92 Å². The van der Waals surface area contributed by atoms with E-state index in [4.69, 9.17) is 0 Å². The molecule has 1 rings (SSSR count). The second-order valence-corrected chi connectivity index (χ2v) is 3.49. The van der Waals surface area contributed by atoms with Crippen LogP contribution in [0.2, 0.25) is 0 Å². The first kappa shape index (κ1) is 11.3. The maximum Gasteiger partial charge on any atom is 0.304 e. The van der Waals surface area contributed by atoms with Crippen LogP contribution in [0.4, 0.5) is 13.2 Å². The van der Waals surface area contributed by atoms with Crippen LogP contribution in [0.3, 0.4) is 0 Å². The number of halogens is 4. The highest BCUT2D eigenvalue weighted by Crippen LogP contribution is 2.21. The Kier molecular flexibility index (Phi) is 3.74. The van der Waals surface area contributed by atoms with E-state index in [-0.39, 0.29) is 5.88 Å². The minimum atomic E-state index is -3.17. The predicted molar refractivity (Wildman–Crippen MR) is 48.2 cm³/mol. The molecule has 0 bridgehead atoms. The molecule has 0 aromatic carbocycles. The highest BCUT2D eigenvalue weighted by Gasteiger charge is 2.22. The molecule has 1 aromatic rings. The SMILES string of the molecule is Cc1cc(Br)cnc1OC(F)C(F)F. The molecule has 0 spiro atoms. The fourth-order valence-electron chi connectivity index (χ4n) is 0.809. The van der Waals surface area contributed by atoms with E-state index in [0.717, 1.165) is 0 Å². The molecule has 78 valence electrons. The third-order valence-electron chi connectivity index (χ3n) is 1.42. The van der Waals surface area contributed by atoms with Crippen molar-refractivity contribution in [1.29, 1.82) is 0 Å². The van der Waals surface area contributed by atoms with E-state index in [1.54, 1.807) is 13.0 Å². The lowest BCUT2D eigenvalue weighted by Gasteiger charge is -2.11. The molecule has 0 fully saturated rings. The van der Waals surface area contributed by atoms with Gasteiger partial charge >= 0.3 is 6.43 Å². The Bertz CT molecular complexity index is 321. The number of hydrogen-bond acceptors (Lipinski definition) is 2. The maximum absolute atomic E-state index is 12.5. The van der Waals surface area contributed by atoms with E-state index < -0.39 is 12.8 Å². The molecule has 1 aromatic heterocycles. The second-order valence-electron chi connectivity index (χ2n) is 2.58. The molecule has 0 saturated heterocycles. The molecule has 0 aliphatic rings. The van der Waals surface area contributed by atoms with Gasteiger partial charge in [-0.1, -0.05) is 0 Å². The molecule has 0 radical (unpaired) electrons. The van der Waals surface area contributed by atoms with Gasteiger partial charge in [0.05, 0.1) is 0 Å². The summed E-state index contributed by atoms with van der Waals surface area (Å²) in [4.78, 5) is 3.66. The number of aromatic nitrogens is 1. The molecule has 0 N–H and O–H groups in total. The first-order chi connectivity index (χ1) is 6.50. The first-order valence-corrected chi connectivity index (χ1v) is 4.51. The van der Waals surface area contributed by atoms with E-state index in [0.29, 0.717) is 10.0 Å². The number of rotatable bonds is 3. The average molecular weight is 270 g/mol. The lowest BCUT2D eigenvalue weighted by Crippen LogP contribution is -2.20. The zero-order valence-corrected chi connectivity index (χ0v) is 8.76. The summed E-state index contributed by atoms with van der Waals surface area (Å²) in [5.74, 6) is -0.124. The minimum Gasteiger partial charge on any atom is -0.437 e. The predicted octanol–water partition coefficient (Wildman–Crippen LogP) is 3.09. The van der Waals surface area contributed by atoms with Crippen LogP contribution in [0.15, 0.2) is 16.7 Å². The summed E-state index contributed by atoms with van der Waals surface area (Å²) in [5, 5.41) is 0. The van der Waals surface area contributed by atoms with Gasteiger partial charge in [-0.2, -0.15) is 4.39 Å². The molecule has 1 heterocycles. The van der Waals surface area contributed by atoms with Gasteiger partial charge in [0.25, 0.3) is 6.36 Å². The maximum atomic E-state index is 12.5. The van der Waals surface area contributed by atoms with Gasteiger partial charge in [-0.25, -0.2) is 13.8 Å². The number of aryl methyl sites for hydroxylation is 1. The van der Waals surface area contributed by atoms with E-state index in [9.17, 15) is 13.2 Å². The van der Waals surface area contributed by atoms with Crippen molar-refractivity contribution in [3.8, 4) is 5.88 Å².